The molecule has 1 heterocycles. The van der Waals surface area contributed by atoms with Gasteiger partial charge in [0.25, 0.3) is 0 Å². The van der Waals surface area contributed by atoms with Crippen LogP contribution < -0.4 is 10.5 Å². The predicted molar refractivity (Wildman–Crippen MR) is 79.6 cm³/mol. The van der Waals surface area contributed by atoms with Crippen LogP contribution in [0.5, 0.6) is 0 Å². The highest BCUT2D eigenvalue weighted by Crippen LogP contribution is 2.18. The van der Waals surface area contributed by atoms with Crippen LogP contribution in [0, 0.1) is 5.82 Å². The first-order chi connectivity index (χ1) is 10.00. The van der Waals surface area contributed by atoms with E-state index in [1.807, 2.05) is 0 Å². The average Bonchev–Trinajstić information content (AvgIpc) is 2.48. The molecule has 0 bridgehead atoms. The van der Waals surface area contributed by atoms with Crippen molar-refractivity contribution in [1.82, 2.24) is 4.98 Å². The highest BCUT2D eigenvalue weighted by molar-refractivity contribution is 7.92. The summed E-state index contributed by atoms with van der Waals surface area (Å²) in [6.45, 7) is 0.0514. The smallest absolute Gasteiger partial charge is 0.233 e. The molecule has 0 unspecified atom stereocenters. The largest absolute Gasteiger partial charge is 0.326 e. The van der Waals surface area contributed by atoms with Gasteiger partial charge in [-0.05, 0) is 35.9 Å². The lowest BCUT2D eigenvalue weighted by Gasteiger charge is -2.11. The van der Waals surface area contributed by atoms with Crippen molar-refractivity contribution in [2.24, 2.45) is 5.73 Å². The second-order valence-electron chi connectivity index (χ2n) is 4.50. The molecule has 112 valence electrons. The fourth-order valence-electron chi connectivity index (χ4n) is 1.83. The van der Waals surface area contributed by atoms with Gasteiger partial charge in [0.15, 0.2) is 0 Å². The number of sulfonamides is 1. The number of nitrogens with one attached hydrogen (secondary N) is 1. The summed E-state index contributed by atoms with van der Waals surface area (Å²) >= 11 is 0. The van der Waals surface area contributed by atoms with Crippen molar-refractivity contribution >= 4 is 15.7 Å². The number of anilines is 1. The van der Waals surface area contributed by atoms with Crippen molar-refractivity contribution in [3.05, 3.63) is 59.7 Å². The normalized spacial score (nSPS) is 11.3. The summed E-state index contributed by atoms with van der Waals surface area (Å²) in [6, 6.07) is 9.11. The number of pyridine rings is 1. The van der Waals surface area contributed by atoms with Crippen LogP contribution in [0.15, 0.2) is 42.6 Å². The second-order valence-corrected chi connectivity index (χ2v) is 6.34. The van der Waals surface area contributed by atoms with Crippen molar-refractivity contribution < 1.29 is 12.8 Å². The minimum atomic E-state index is -3.55. The number of nitrogens with two attached hydrogens (primary N) is 1. The number of halogens is 1. The fourth-order valence-corrected chi connectivity index (χ4v) is 2.95. The molecular weight excluding hydrogens is 293 g/mol. The molecule has 0 aliphatic rings. The Balaban J connectivity index is 2.07. The molecule has 0 amide bonds. The number of aryl methyl sites for hydroxylation is 1. The molecule has 21 heavy (non-hydrogen) atoms. The molecular formula is C14H16FN3O2S. The van der Waals surface area contributed by atoms with Gasteiger partial charge in [0, 0.05) is 24.9 Å². The van der Waals surface area contributed by atoms with Crippen molar-refractivity contribution in [2.75, 3.05) is 10.5 Å². The first kappa shape index (κ1) is 15.4. The second kappa shape index (κ2) is 6.64. The van der Waals surface area contributed by atoms with Gasteiger partial charge in [-0.15, -0.1) is 0 Å². The van der Waals surface area contributed by atoms with Crippen LogP contribution >= 0.6 is 0 Å². The summed E-state index contributed by atoms with van der Waals surface area (Å²) < 4.78 is 39.6. The van der Waals surface area contributed by atoms with Crippen molar-refractivity contribution in [3.63, 3.8) is 0 Å². The van der Waals surface area contributed by atoms with Gasteiger partial charge in [-0.3, -0.25) is 9.71 Å². The Bertz CT molecular complexity index is 705. The summed E-state index contributed by atoms with van der Waals surface area (Å²) in [5.74, 6) is -0.558. The van der Waals surface area contributed by atoms with E-state index in [1.54, 1.807) is 24.4 Å². The monoisotopic (exact) mass is 309 g/mol. The minimum absolute atomic E-state index is 0.0514. The predicted octanol–water partition coefficient (Wildman–Crippen LogP) is 1.66. The standard InChI is InChI=1S/C14H16FN3O2S/c15-12-4-5-14(11(9-12)10-16)18-21(19,20)8-6-13-3-1-2-7-17-13/h1-5,7,9,18H,6,8,10,16H2. The number of rotatable bonds is 6. The topological polar surface area (TPSA) is 85.1 Å². The Morgan fingerprint density at radius 1 is 1.24 bits per heavy atom. The molecule has 2 aromatic rings. The van der Waals surface area contributed by atoms with Gasteiger partial charge < -0.3 is 5.73 Å². The molecule has 0 atom stereocenters. The van der Waals surface area contributed by atoms with Crippen LogP contribution in [0.2, 0.25) is 0 Å². The quantitative estimate of drug-likeness (QED) is 0.850. The summed E-state index contributed by atoms with van der Waals surface area (Å²) in [5, 5.41) is 0. The lowest BCUT2D eigenvalue weighted by Crippen LogP contribution is -2.20. The van der Waals surface area contributed by atoms with Crippen LogP contribution in [0.25, 0.3) is 0 Å². The lowest BCUT2D eigenvalue weighted by molar-refractivity contribution is 0.599. The van der Waals surface area contributed by atoms with E-state index in [2.05, 4.69) is 9.71 Å². The number of aromatic nitrogens is 1. The van der Waals surface area contributed by atoms with Crippen LogP contribution in [0.1, 0.15) is 11.3 Å². The molecule has 5 nitrogen and oxygen atoms in total. The van der Waals surface area contributed by atoms with Crippen LogP contribution in [0.4, 0.5) is 10.1 Å². The van der Waals surface area contributed by atoms with E-state index in [4.69, 9.17) is 5.73 Å². The molecule has 0 aliphatic heterocycles. The van der Waals surface area contributed by atoms with E-state index in [0.29, 0.717) is 23.4 Å². The first-order valence-electron chi connectivity index (χ1n) is 6.39. The molecule has 0 fully saturated rings. The maximum atomic E-state index is 13.1. The number of benzene rings is 1. The van der Waals surface area contributed by atoms with Crippen LogP contribution in [-0.4, -0.2) is 19.2 Å². The Kier molecular flexibility index (Phi) is 4.87. The lowest BCUT2D eigenvalue weighted by atomic mass is 10.2. The Morgan fingerprint density at radius 2 is 2.05 bits per heavy atom. The zero-order valence-electron chi connectivity index (χ0n) is 11.3. The summed E-state index contributed by atoms with van der Waals surface area (Å²) in [7, 11) is -3.55. The third-order valence-electron chi connectivity index (χ3n) is 2.91. The maximum absolute atomic E-state index is 13.1. The minimum Gasteiger partial charge on any atom is -0.326 e. The van der Waals surface area contributed by atoms with Gasteiger partial charge in [0.1, 0.15) is 5.82 Å². The molecule has 1 aromatic heterocycles. The molecule has 3 N–H and O–H groups in total. The van der Waals surface area contributed by atoms with E-state index in [-0.39, 0.29) is 12.3 Å². The van der Waals surface area contributed by atoms with Gasteiger partial charge in [0.2, 0.25) is 10.0 Å². The maximum Gasteiger partial charge on any atom is 0.233 e. The van der Waals surface area contributed by atoms with E-state index >= 15 is 0 Å². The van der Waals surface area contributed by atoms with Crippen molar-refractivity contribution in [2.45, 2.75) is 13.0 Å². The Morgan fingerprint density at radius 3 is 2.71 bits per heavy atom. The van der Waals surface area contributed by atoms with Gasteiger partial charge >= 0.3 is 0 Å². The van der Waals surface area contributed by atoms with Crippen LogP contribution in [0.3, 0.4) is 0 Å². The highest BCUT2D eigenvalue weighted by atomic mass is 32.2. The zero-order valence-corrected chi connectivity index (χ0v) is 12.1. The summed E-state index contributed by atoms with van der Waals surface area (Å²) in [4.78, 5) is 4.07. The number of hydrogen-bond acceptors (Lipinski definition) is 4. The van der Waals surface area contributed by atoms with Crippen molar-refractivity contribution in [3.8, 4) is 0 Å². The molecule has 1 aromatic carbocycles. The van der Waals surface area contributed by atoms with Gasteiger partial charge in [-0.2, -0.15) is 0 Å². The first-order valence-corrected chi connectivity index (χ1v) is 8.04. The van der Waals surface area contributed by atoms with Crippen molar-refractivity contribution in [1.29, 1.82) is 0 Å². The molecule has 2 rings (SSSR count). The van der Waals surface area contributed by atoms with Crippen LogP contribution in [-0.2, 0) is 23.0 Å². The SMILES string of the molecule is NCc1cc(F)ccc1NS(=O)(=O)CCc1ccccn1. The average molecular weight is 309 g/mol. The Labute approximate surface area is 123 Å². The summed E-state index contributed by atoms with van der Waals surface area (Å²) in [5.41, 5.74) is 6.91. The van der Waals surface area contributed by atoms with E-state index in [1.165, 1.54) is 18.2 Å². The number of nitrogens with zero attached hydrogens (tertiary/aromatic N) is 1. The third-order valence-corrected chi connectivity index (χ3v) is 4.18. The number of hydrogen-bond donors (Lipinski definition) is 2. The zero-order chi connectivity index (χ0) is 15.3. The van der Waals surface area contributed by atoms with Gasteiger partial charge in [-0.1, -0.05) is 6.07 Å². The Hall–Kier alpha value is -1.99. The molecule has 0 radical (unpaired) electrons. The van der Waals surface area contributed by atoms with E-state index in [9.17, 15) is 12.8 Å². The molecule has 0 saturated heterocycles. The van der Waals surface area contributed by atoms with Gasteiger partial charge in [-0.25, -0.2) is 12.8 Å². The molecule has 0 spiro atoms. The summed E-state index contributed by atoms with van der Waals surface area (Å²) in [6.07, 6.45) is 1.91. The van der Waals surface area contributed by atoms with Gasteiger partial charge in [0.05, 0.1) is 11.4 Å². The molecule has 7 heteroatoms. The third kappa shape index (κ3) is 4.51. The molecule has 0 aliphatic carbocycles. The fraction of sp³-hybridized carbons (Fsp3) is 0.214. The highest BCUT2D eigenvalue weighted by Gasteiger charge is 2.13. The van der Waals surface area contributed by atoms with E-state index < -0.39 is 15.8 Å². The van der Waals surface area contributed by atoms with E-state index in [0.717, 1.165) is 0 Å². The molecule has 0 saturated carbocycles.